The van der Waals surface area contributed by atoms with Crippen molar-refractivity contribution in [1.29, 1.82) is 0 Å². The molecule has 0 N–H and O–H groups in total. The fourth-order valence-electron chi connectivity index (χ4n) is 5.15. The number of hydrogen-bond donors (Lipinski definition) is 0. The number of aromatic nitrogens is 2. The molecule has 2 aromatic carbocycles. The van der Waals surface area contributed by atoms with Gasteiger partial charge >= 0.3 is 12.5 Å². The molecule has 6 nitrogen and oxygen atoms in total. The van der Waals surface area contributed by atoms with Crippen molar-refractivity contribution in [3.63, 3.8) is 0 Å². The summed E-state index contributed by atoms with van der Waals surface area (Å²) < 4.78 is 78.8. The summed E-state index contributed by atoms with van der Waals surface area (Å²) >= 11 is 0. The summed E-state index contributed by atoms with van der Waals surface area (Å²) in [6.45, 7) is 1.87. The van der Waals surface area contributed by atoms with E-state index in [-0.39, 0.29) is 40.7 Å². The molecule has 5 rings (SSSR count). The Kier molecular flexibility index (Phi) is 6.07. The summed E-state index contributed by atoms with van der Waals surface area (Å²) in [7, 11) is 5.32. The van der Waals surface area contributed by atoms with E-state index in [2.05, 4.69) is 14.6 Å². The van der Waals surface area contributed by atoms with E-state index in [9.17, 15) is 26.7 Å². The van der Waals surface area contributed by atoms with Crippen LogP contribution < -0.4 is 14.4 Å². The molecule has 1 unspecified atom stereocenters. The third-order valence-corrected chi connectivity index (χ3v) is 6.68. The van der Waals surface area contributed by atoms with Crippen LogP contribution in [0.5, 0.6) is 11.5 Å². The molecule has 0 radical (unpaired) electrons. The number of carbonyl (C=O) groups is 1. The van der Waals surface area contributed by atoms with E-state index in [1.165, 1.54) is 33.8 Å². The number of fused-ring (bicyclic) bond motifs is 2. The first-order valence-corrected chi connectivity index (χ1v) is 12.2. The van der Waals surface area contributed by atoms with Gasteiger partial charge in [0.1, 0.15) is 23.5 Å². The second-order valence-corrected chi connectivity index (χ2v) is 10.6. The van der Waals surface area contributed by atoms with Gasteiger partial charge in [-0.05, 0) is 60.7 Å². The zero-order valence-electron chi connectivity index (χ0n) is 21.2. The Morgan fingerprint density at radius 1 is 1.11 bits per heavy atom. The SMILES string of the molecule is BC(B)(B)N(C(=O)c1cccc(-n2nc(C(F)(F)F)c3c2C(C)CCC3)c1)c1ccc2c(c1)OC(F)(F)O2. The molecule has 1 aliphatic heterocycles. The van der Waals surface area contributed by atoms with Crippen LogP contribution in [0, 0.1) is 0 Å². The Balaban J connectivity index is 1.56. The zero-order chi connectivity index (χ0) is 27.6. The van der Waals surface area contributed by atoms with Crippen molar-refractivity contribution >= 4 is 35.1 Å². The summed E-state index contributed by atoms with van der Waals surface area (Å²) in [5.41, 5.74) is 0.609. The first-order chi connectivity index (χ1) is 17.7. The van der Waals surface area contributed by atoms with Crippen LogP contribution in [-0.4, -0.2) is 50.8 Å². The normalized spacial score (nSPS) is 18.2. The van der Waals surface area contributed by atoms with E-state index >= 15 is 0 Å². The maximum Gasteiger partial charge on any atom is 0.586 e. The van der Waals surface area contributed by atoms with Gasteiger partial charge in [-0.25, -0.2) is 4.68 Å². The molecule has 0 bridgehead atoms. The van der Waals surface area contributed by atoms with E-state index < -0.39 is 29.3 Å². The summed E-state index contributed by atoms with van der Waals surface area (Å²) in [4.78, 5) is 15.2. The Morgan fingerprint density at radius 2 is 1.82 bits per heavy atom. The Hall–Kier alpha value is -3.44. The van der Waals surface area contributed by atoms with Crippen molar-refractivity contribution in [3.05, 3.63) is 65.0 Å². The van der Waals surface area contributed by atoms with Crippen molar-refractivity contribution < 1.29 is 36.2 Å². The van der Waals surface area contributed by atoms with Gasteiger partial charge in [0, 0.05) is 22.9 Å². The van der Waals surface area contributed by atoms with Crippen LogP contribution in [0.3, 0.4) is 0 Å². The van der Waals surface area contributed by atoms with Gasteiger partial charge in [0.05, 0.1) is 11.4 Å². The van der Waals surface area contributed by atoms with E-state index in [0.717, 1.165) is 6.42 Å². The molecule has 14 heteroatoms. The predicted octanol–water partition coefficient (Wildman–Crippen LogP) is 2.81. The van der Waals surface area contributed by atoms with Crippen molar-refractivity contribution in [3.8, 4) is 17.2 Å². The molecule has 1 aromatic heterocycles. The first-order valence-electron chi connectivity index (χ1n) is 12.2. The van der Waals surface area contributed by atoms with Gasteiger partial charge < -0.3 is 14.4 Å². The molecule has 2 heterocycles. The average molecular weight is 529 g/mol. The number of hydrogen-bond acceptors (Lipinski definition) is 4. The monoisotopic (exact) mass is 529 g/mol. The smallest absolute Gasteiger partial charge is 0.395 e. The van der Waals surface area contributed by atoms with Crippen LogP contribution in [0.15, 0.2) is 42.5 Å². The molecule has 196 valence electrons. The van der Waals surface area contributed by atoms with E-state index in [1.807, 2.05) is 6.92 Å². The number of alkyl halides is 5. The number of ether oxygens (including phenoxy) is 2. The molecule has 38 heavy (non-hydrogen) atoms. The number of carbonyl (C=O) groups excluding carboxylic acids is 1. The van der Waals surface area contributed by atoms with Crippen molar-refractivity contribution in [2.24, 2.45) is 0 Å². The molecule has 1 aliphatic carbocycles. The van der Waals surface area contributed by atoms with Crippen molar-refractivity contribution in [1.82, 2.24) is 9.78 Å². The van der Waals surface area contributed by atoms with Gasteiger partial charge in [-0.15, -0.1) is 8.78 Å². The van der Waals surface area contributed by atoms with Crippen LogP contribution in [0.4, 0.5) is 27.6 Å². The highest BCUT2D eigenvalue weighted by Gasteiger charge is 2.44. The fraction of sp³-hybridized carbons (Fsp3) is 0.333. The van der Waals surface area contributed by atoms with E-state index in [0.29, 0.717) is 17.8 Å². The minimum Gasteiger partial charge on any atom is -0.395 e. The summed E-state index contributed by atoms with van der Waals surface area (Å²) in [6.07, 6.45) is -6.74. The van der Waals surface area contributed by atoms with Gasteiger partial charge in [0.2, 0.25) is 0 Å². The minimum atomic E-state index is -4.60. The quantitative estimate of drug-likeness (QED) is 0.386. The van der Waals surface area contributed by atoms with Gasteiger partial charge in [-0.2, -0.15) is 18.3 Å². The molecule has 0 spiro atoms. The Morgan fingerprint density at radius 3 is 2.50 bits per heavy atom. The Labute approximate surface area is 218 Å². The van der Waals surface area contributed by atoms with E-state index in [1.54, 1.807) is 41.7 Å². The number of amides is 1. The largest absolute Gasteiger partial charge is 0.586 e. The highest BCUT2D eigenvalue weighted by Crippen LogP contribution is 2.44. The lowest BCUT2D eigenvalue weighted by Crippen LogP contribution is -2.54. The Bertz CT molecular complexity index is 1420. The molecule has 2 aliphatic rings. The second-order valence-electron chi connectivity index (χ2n) is 10.6. The van der Waals surface area contributed by atoms with Crippen LogP contribution in [0.1, 0.15) is 53.0 Å². The topological polar surface area (TPSA) is 56.6 Å². The third-order valence-electron chi connectivity index (χ3n) is 6.68. The lowest BCUT2D eigenvalue weighted by atomic mass is 9.48. The molecular weight excluding hydrogens is 506 g/mol. The van der Waals surface area contributed by atoms with E-state index in [4.69, 9.17) is 0 Å². The highest BCUT2D eigenvalue weighted by molar-refractivity contribution is 6.62. The minimum absolute atomic E-state index is 0.139. The molecule has 0 saturated carbocycles. The molecule has 1 amide bonds. The van der Waals surface area contributed by atoms with Gasteiger partial charge in [0.25, 0.3) is 5.91 Å². The first kappa shape index (κ1) is 26.2. The lowest BCUT2D eigenvalue weighted by molar-refractivity contribution is -0.286. The maximum absolute atomic E-state index is 13.8. The number of halogens is 5. The van der Waals surface area contributed by atoms with Crippen LogP contribution in [-0.2, 0) is 12.6 Å². The average Bonchev–Trinajstić information content (AvgIpc) is 3.35. The van der Waals surface area contributed by atoms with Crippen LogP contribution in [0.25, 0.3) is 5.69 Å². The van der Waals surface area contributed by atoms with Crippen LogP contribution >= 0.6 is 0 Å². The highest BCUT2D eigenvalue weighted by atomic mass is 19.4. The molecule has 0 fully saturated rings. The maximum atomic E-state index is 13.8. The summed E-state index contributed by atoms with van der Waals surface area (Å²) in [5.74, 6) is -0.977. The fourth-order valence-corrected chi connectivity index (χ4v) is 5.15. The molecular formula is C24H23B3F5N3O3. The third kappa shape index (κ3) is 4.65. The lowest BCUT2D eigenvalue weighted by Gasteiger charge is -2.36. The number of anilines is 1. The number of nitrogens with zero attached hydrogens (tertiary/aromatic N) is 3. The summed E-state index contributed by atoms with van der Waals surface area (Å²) in [5, 5.41) is 3.15. The second kappa shape index (κ2) is 8.81. The number of rotatable bonds is 4. The van der Waals surface area contributed by atoms with Gasteiger partial charge in [0.15, 0.2) is 17.2 Å². The standard InChI is InChI=1S/C24H23B3F5N3O3/c1-12-4-2-7-16-19(12)35(33-20(16)22(28,29)30)15-6-3-5-13(10-15)21(36)34(23(25,26)27)14-8-9-17-18(11-14)38-24(31,32)37-17/h3,5-6,8-12H,2,4,7,25-27H2,1H3. The van der Waals surface area contributed by atoms with Crippen LogP contribution in [0.2, 0.25) is 0 Å². The molecule has 0 saturated heterocycles. The number of benzene rings is 2. The molecule has 1 atom stereocenters. The summed E-state index contributed by atoms with van der Waals surface area (Å²) in [6, 6.07) is 10.3. The van der Waals surface area contributed by atoms with Gasteiger partial charge in [-0.3, -0.25) is 4.79 Å². The molecule has 3 aromatic rings. The van der Waals surface area contributed by atoms with Crippen molar-refractivity contribution in [2.75, 3.05) is 4.90 Å². The van der Waals surface area contributed by atoms with Crippen molar-refractivity contribution in [2.45, 2.75) is 49.8 Å². The van der Waals surface area contributed by atoms with Gasteiger partial charge in [-0.1, -0.05) is 13.0 Å². The zero-order valence-corrected chi connectivity index (χ0v) is 21.2. The predicted molar refractivity (Wildman–Crippen MR) is 138 cm³/mol.